The maximum atomic E-state index is 14.0. The number of nitro groups is 2. The molecule has 0 fully saturated rings. The van der Waals surface area contributed by atoms with E-state index in [9.17, 15) is 29.8 Å². The number of esters is 1. The van der Waals surface area contributed by atoms with Gasteiger partial charge in [-0.1, -0.05) is 29.5 Å². The van der Waals surface area contributed by atoms with Crippen LogP contribution in [0.25, 0.3) is 6.08 Å². The molecule has 5 rings (SSSR count). The molecule has 1 atom stereocenters. The summed E-state index contributed by atoms with van der Waals surface area (Å²) in [6, 6.07) is 14.5. The number of nitro benzene ring substituents is 2. The van der Waals surface area contributed by atoms with E-state index in [1.54, 1.807) is 32.1 Å². The highest BCUT2D eigenvalue weighted by molar-refractivity contribution is 7.07. The number of fused-ring (bicyclic) bond motifs is 1. The molecule has 4 aromatic rings. The third-order valence-corrected chi connectivity index (χ3v) is 8.28. The van der Waals surface area contributed by atoms with Gasteiger partial charge in [-0.05, 0) is 61.4 Å². The number of methoxy groups -OCH3 is 1. The second kappa shape index (κ2) is 13.3. The number of rotatable bonds is 10. The average molecular weight is 660 g/mol. The minimum atomic E-state index is -0.776. The fourth-order valence-corrected chi connectivity index (χ4v) is 6.08. The summed E-state index contributed by atoms with van der Waals surface area (Å²) in [4.78, 5) is 55.3. The molecule has 1 aliphatic rings. The molecule has 0 saturated carbocycles. The number of carbonyl (C=O) groups is 1. The van der Waals surface area contributed by atoms with Crippen LogP contribution in [-0.4, -0.2) is 48.2 Å². The maximum Gasteiger partial charge on any atom is 0.338 e. The summed E-state index contributed by atoms with van der Waals surface area (Å²) >= 11 is 1.15. The van der Waals surface area contributed by atoms with Crippen LogP contribution in [0.5, 0.6) is 17.2 Å². The zero-order valence-electron chi connectivity index (χ0n) is 26.0. The first-order chi connectivity index (χ1) is 22.4. The van der Waals surface area contributed by atoms with Crippen molar-refractivity contribution in [3.8, 4) is 17.2 Å². The Morgan fingerprint density at radius 1 is 1.02 bits per heavy atom. The van der Waals surface area contributed by atoms with Crippen LogP contribution in [0, 0.1) is 20.2 Å². The molecule has 14 nitrogen and oxygen atoms in total. The van der Waals surface area contributed by atoms with Gasteiger partial charge < -0.3 is 19.1 Å². The van der Waals surface area contributed by atoms with Gasteiger partial charge >= 0.3 is 11.7 Å². The Balaban J connectivity index is 1.57. The van der Waals surface area contributed by atoms with Crippen molar-refractivity contribution in [2.45, 2.75) is 19.9 Å². The van der Waals surface area contributed by atoms with Crippen molar-refractivity contribution in [2.24, 2.45) is 4.99 Å². The molecule has 1 aromatic heterocycles. The molecular weight excluding hydrogens is 630 g/mol. The molecular formula is C32H29N5O9S. The first-order valence-electron chi connectivity index (χ1n) is 14.2. The lowest BCUT2D eigenvalue weighted by molar-refractivity contribution is -0.394. The Kier molecular flexibility index (Phi) is 9.19. The van der Waals surface area contributed by atoms with Crippen LogP contribution < -0.4 is 29.3 Å². The van der Waals surface area contributed by atoms with E-state index in [0.717, 1.165) is 35.2 Å². The number of allylic oxidation sites excluding steroid dienone is 1. The summed E-state index contributed by atoms with van der Waals surface area (Å²) in [5.41, 5.74) is 1.51. The zero-order valence-corrected chi connectivity index (χ0v) is 26.8. The van der Waals surface area contributed by atoms with Gasteiger partial charge in [-0.3, -0.25) is 29.6 Å². The monoisotopic (exact) mass is 659 g/mol. The molecule has 0 bridgehead atoms. The van der Waals surface area contributed by atoms with Gasteiger partial charge in [0.25, 0.3) is 11.2 Å². The van der Waals surface area contributed by atoms with Crippen LogP contribution in [0.3, 0.4) is 0 Å². The van der Waals surface area contributed by atoms with Crippen molar-refractivity contribution in [2.75, 3.05) is 32.7 Å². The Bertz CT molecular complexity index is 2120. The highest BCUT2D eigenvalue weighted by atomic mass is 32.1. The molecule has 0 unspecified atom stereocenters. The van der Waals surface area contributed by atoms with Gasteiger partial charge in [0.2, 0.25) is 5.75 Å². The maximum absolute atomic E-state index is 14.0. The summed E-state index contributed by atoms with van der Waals surface area (Å²) in [6.07, 6.45) is 1.64. The minimum Gasteiger partial charge on any atom is -0.493 e. The van der Waals surface area contributed by atoms with E-state index in [2.05, 4.69) is 4.99 Å². The Labute approximate surface area is 271 Å². The van der Waals surface area contributed by atoms with Crippen molar-refractivity contribution < 1.29 is 28.9 Å². The first-order valence-corrected chi connectivity index (χ1v) is 15.0. The Morgan fingerprint density at radius 2 is 1.72 bits per heavy atom. The van der Waals surface area contributed by atoms with Crippen molar-refractivity contribution >= 4 is 40.4 Å². The lowest BCUT2D eigenvalue weighted by Gasteiger charge is -2.25. The van der Waals surface area contributed by atoms with Crippen molar-refractivity contribution in [3.63, 3.8) is 0 Å². The van der Waals surface area contributed by atoms with Gasteiger partial charge in [-0.15, -0.1) is 0 Å². The molecule has 0 aliphatic carbocycles. The van der Waals surface area contributed by atoms with E-state index < -0.39 is 33.2 Å². The van der Waals surface area contributed by atoms with Crippen LogP contribution in [-0.2, 0) is 9.53 Å². The summed E-state index contributed by atoms with van der Waals surface area (Å²) in [6.45, 7) is 3.58. The number of benzene rings is 3. The molecule has 15 heteroatoms. The predicted octanol–water partition coefficient (Wildman–Crippen LogP) is 4.48. The number of carbonyl (C=O) groups excluding carboxylic acids is 1. The Morgan fingerprint density at radius 3 is 2.34 bits per heavy atom. The van der Waals surface area contributed by atoms with E-state index in [4.69, 9.17) is 14.2 Å². The Hall–Kier alpha value is -5.83. The molecule has 0 radical (unpaired) electrons. The van der Waals surface area contributed by atoms with E-state index in [0.29, 0.717) is 26.2 Å². The largest absolute Gasteiger partial charge is 0.493 e. The van der Waals surface area contributed by atoms with Gasteiger partial charge in [-0.2, -0.15) is 0 Å². The van der Waals surface area contributed by atoms with E-state index in [1.807, 2.05) is 43.3 Å². The third-order valence-electron chi connectivity index (χ3n) is 7.30. The van der Waals surface area contributed by atoms with Gasteiger partial charge in [0.05, 0.1) is 51.5 Å². The van der Waals surface area contributed by atoms with Crippen LogP contribution in [0.4, 0.5) is 17.1 Å². The topological polar surface area (TPSA) is 169 Å². The van der Waals surface area contributed by atoms with E-state index in [-0.39, 0.29) is 35.0 Å². The summed E-state index contributed by atoms with van der Waals surface area (Å²) in [5.74, 6) is -0.470. The summed E-state index contributed by atoms with van der Waals surface area (Å²) in [7, 11) is 5.21. The van der Waals surface area contributed by atoms with Gasteiger partial charge in [-0.25, -0.2) is 9.79 Å². The number of thiazole rings is 1. The quantitative estimate of drug-likeness (QED) is 0.134. The molecule has 0 spiro atoms. The van der Waals surface area contributed by atoms with E-state index in [1.165, 1.54) is 17.7 Å². The van der Waals surface area contributed by atoms with Crippen LogP contribution in [0.2, 0.25) is 0 Å². The average Bonchev–Trinajstić information content (AvgIpc) is 3.34. The lowest BCUT2D eigenvalue weighted by Crippen LogP contribution is -2.39. The predicted molar refractivity (Wildman–Crippen MR) is 174 cm³/mol. The smallest absolute Gasteiger partial charge is 0.338 e. The number of anilines is 1. The molecule has 2 heterocycles. The summed E-state index contributed by atoms with van der Waals surface area (Å²) in [5, 5.41) is 22.7. The third kappa shape index (κ3) is 6.46. The number of nitrogens with zero attached hydrogens (tertiary/aromatic N) is 5. The second-order valence-corrected chi connectivity index (χ2v) is 11.5. The fraction of sp³-hybridized carbons (Fsp3) is 0.219. The number of hydrogen-bond acceptors (Lipinski definition) is 12. The van der Waals surface area contributed by atoms with Gasteiger partial charge in [0.15, 0.2) is 16.3 Å². The van der Waals surface area contributed by atoms with Crippen LogP contribution in [0.15, 0.2) is 81.7 Å². The number of non-ortho nitro benzene ring substituents is 1. The molecule has 47 heavy (non-hydrogen) atoms. The highest BCUT2D eigenvalue weighted by Gasteiger charge is 2.33. The number of aromatic nitrogens is 1. The molecule has 0 saturated heterocycles. The molecule has 0 N–H and O–H groups in total. The number of ether oxygens (including phenoxy) is 3. The molecule has 3 aromatic carbocycles. The fourth-order valence-electron chi connectivity index (χ4n) is 5.04. The van der Waals surface area contributed by atoms with Crippen LogP contribution >= 0.6 is 11.3 Å². The van der Waals surface area contributed by atoms with Crippen molar-refractivity contribution in [1.29, 1.82) is 0 Å². The second-order valence-electron chi connectivity index (χ2n) is 10.5. The normalized spacial score (nSPS) is 14.2. The molecule has 242 valence electrons. The first kappa shape index (κ1) is 32.6. The lowest BCUT2D eigenvalue weighted by atomic mass is 9.95. The van der Waals surface area contributed by atoms with Gasteiger partial charge in [0, 0.05) is 25.8 Å². The number of hydrogen-bond donors (Lipinski definition) is 0. The summed E-state index contributed by atoms with van der Waals surface area (Å²) < 4.78 is 18.4. The van der Waals surface area contributed by atoms with Gasteiger partial charge in [0.1, 0.15) is 0 Å². The minimum absolute atomic E-state index is 0.110. The standard InChI is InChI=1S/C32H29N5O9S/c1-6-45-31(39)28-18(2)33-32-35(29(28)20-8-10-21(11-9-20)34(3)4)30(38)27(47-32)16-19-7-13-25(26(15-19)44-5)46-24-14-12-22(36(40)41)17-23(24)37(42)43/h7-17,29H,6H2,1-5H3/b27-16-/t29-/m1/s1. The zero-order chi connectivity index (χ0) is 34.0. The van der Waals surface area contributed by atoms with E-state index >= 15 is 0 Å². The van der Waals surface area contributed by atoms with Crippen molar-refractivity contribution in [3.05, 3.63) is 123 Å². The molecule has 0 amide bonds. The van der Waals surface area contributed by atoms with Crippen LogP contribution in [0.1, 0.15) is 31.0 Å². The van der Waals surface area contributed by atoms with Crippen molar-refractivity contribution in [1.82, 2.24) is 4.57 Å². The highest BCUT2D eigenvalue weighted by Crippen LogP contribution is 2.38. The SMILES string of the molecule is CCOC(=O)C1=C(C)N=c2s/c(=C\c3ccc(Oc4ccc([N+](=O)[O-])cc4[N+](=O)[O-])c(OC)c3)c(=O)n2[C@@H]1c1ccc(N(C)C)cc1. The molecule has 1 aliphatic heterocycles.